The van der Waals surface area contributed by atoms with Gasteiger partial charge in [0.2, 0.25) is 11.8 Å². The van der Waals surface area contributed by atoms with Crippen molar-refractivity contribution in [3.8, 4) is 0 Å². The Bertz CT molecular complexity index is 584. The summed E-state index contributed by atoms with van der Waals surface area (Å²) in [5, 5.41) is 20.2. The highest BCUT2D eigenvalue weighted by molar-refractivity contribution is 8.01. The summed E-state index contributed by atoms with van der Waals surface area (Å²) in [6.07, 6.45) is 0. The first kappa shape index (κ1) is 18.9. The van der Waals surface area contributed by atoms with Crippen LogP contribution >= 0.6 is 23.5 Å². The van der Waals surface area contributed by atoms with Crippen LogP contribution in [-0.4, -0.2) is 78.6 Å². The molecular weight excluding hydrogens is 358 g/mol. The Morgan fingerprint density at radius 1 is 1.42 bits per heavy atom. The summed E-state index contributed by atoms with van der Waals surface area (Å²) in [6.45, 7) is 3.51. The number of carboxylic acid groups (broad SMARTS) is 2. The second-order valence-electron chi connectivity index (χ2n) is 6.10. The van der Waals surface area contributed by atoms with Gasteiger partial charge >= 0.3 is 11.9 Å². The van der Waals surface area contributed by atoms with Crippen LogP contribution < -0.4 is 11.1 Å². The predicted octanol–water partition coefficient (Wildman–Crippen LogP) is -1.24. The number of carbonyl (C=O) groups is 4. The number of nitrogens with one attached hydrogen (secondary N) is 1. The number of rotatable bonds is 7. The first-order valence-corrected chi connectivity index (χ1v) is 9.18. The van der Waals surface area contributed by atoms with Crippen LogP contribution in [0.25, 0.3) is 0 Å². The SMILES string of the molecule is CC1(C)S[C@@H]2C(NC(=O)CSCC(N)C(=O)O)C(=O)N2[C@H]1C(=O)O. The maximum Gasteiger partial charge on any atom is 0.327 e. The maximum atomic E-state index is 12.2. The topological polar surface area (TPSA) is 150 Å². The van der Waals surface area contributed by atoms with Gasteiger partial charge in [0.25, 0.3) is 0 Å². The Balaban J connectivity index is 1.87. The van der Waals surface area contributed by atoms with Gasteiger partial charge in [-0.1, -0.05) is 0 Å². The molecule has 0 aromatic rings. The van der Waals surface area contributed by atoms with Crippen molar-refractivity contribution in [3.05, 3.63) is 0 Å². The zero-order valence-corrected chi connectivity index (χ0v) is 14.7. The minimum absolute atomic E-state index is 0.0199. The normalized spacial score (nSPS) is 28.7. The van der Waals surface area contributed by atoms with Crippen molar-refractivity contribution >= 4 is 47.3 Å². The van der Waals surface area contributed by atoms with Gasteiger partial charge in [0.1, 0.15) is 23.5 Å². The monoisotopic (exact) mass is 377 g/mol. The van der Waals surface area contributed by atoms with E-state index in [0.717, 1.165) is 11.8 Å². The number of aliphatic carboxylic acids is 2. The highest BCUT2D eigenvalue weighted by Gasteiger charge is 2.64. The van der Waals surface area contributed by atoms with E-state index in [1.165, 1.54) is 16.7 Å². The van der Waals surface area contributed by atoms with Crippen LogP contribution in [0.2, 0.25) is 0 Å². The third-order valence-electron chi connectivity index (χ3n) is 3.84. The quantitative estimate of drug-likeness (QED) is 0.400. The minimum Gasteiger partial charge on any atom is -0.480 e. The van der Waals surface area contributed by atoms with E-state index in [0.29, 0.717) is 0 Å². The molecule has 5 N–H and O–H groups in total. The molecule has 0 aromatic heterocycles. The molecule has 0 bridgehead atoms. The van der Waals surface area contributed by atoms with Gasteiger partial charge in [-0.2, -0.15) is 0 Å². The van der Waals surface area contributed by atoms with Gasteiger partial charge < -0.3 is 26.2 Å². The number of carboxylic acids is 2. The zero-order valence-electron chi connectivity index (χ0n) is 13.1. The highest BCUT2D eigenvalue weighted by atomic mass is 32.2. The lowest BCUT2D eigenvalue weighted by Gasteiger charge is -2.43. The summed E-state index contributed by atoms with van der Waals surface area (Å²) < 4.78 is -0.644. The zero-order chi connectivity index (χ0) is 18.2. The van der Waals surface area contributed by atoms with Crippen molar-refractivity contribution in [2.24, 2.45) is 5.73 Å². The molecule has 2 fully saturated rings. The van der Waals surface area contributed by atoms with Crippen molar-refractivity contribution in [2.75, 3.05) is 11.5 Å². The van der Waals surface area contributed by atoms with E-state index >= 15 is 0 Å². The Morgan fingerprint density at radius 3 is 2.58 bits per heavy atom. The third-order valence-corrected chi connectivity index (χ3v) is 6.47. The van der Waals surface area contributed by atoms with Gasteiger partial charge in [0.15, 0.2) is 0 Å². The molecule has 2 rings (SSSR count). The molecule has 2 saturated heterocycles. The first-order chi connectivity index (χ1) is 11.1. The fraction of sp³-hybridized carbons (Fsp3) is 0.692. The van der Waals surface area contributed by atoms with E-state index in [2.05, 4.69) is 5.32 Å². The van der Waals surface area contributed by atoms with Crippen LogP contribution in [0, 0.1) is 0 Å². The van der Waals surface area contributed by atoms with E-state index in [1.54, 1.807) is 13.8 Å². The van der Waals surface area contributed by atoms with Gasteiger partial charge in [-0.3, -0.25) is 14.4 Å². The molecule has 134 valence electrons. The van der Waals surface area contributed by atoms with E-state index in [-0.39, 0.29) is 11.5 Å². The summed E-state index contributed by atoms with van der Waals surface area (Å²) >= 11 is 2.41. The third kappa shape index (κ3) is 3.47. The summed E-state index contributed by atoms with van der Waals surface area (Å²) in [4.78, 5) is 47.3. The number of amides is 2. The van der Waals surface area contributed by atoms with Gasteiger partial charge in [-0.15, -0.1) is 23.5 Å². The van der Waals surface area contributed by atoms with E-state index in [1.807, 2.05) is 0 Å². The summed E-state index contributed by atoms with van der Waals surface area (Å²) in [5.74, 6) is -2.96. The number of nitrogens with zero attached hydrogens (tertiary/aromatic N) is 1. The molecular formula is C13H19N3O6S2. The molecule has 2 aliphatic rings. The first-order valence-electron chi connectivity index (χ1n) is 7.14. The molecule has 2 amide bonds. The number of thioether (sulfide) groups is 2. The molecule has 0 aromatic carbocycles. The number of hydrogen-bond donors (Lipinski definition) is 4. The predicted molar refractivity (Wildman–Crippen MR) is 88.6 cm³/mol. The summed E-state index contributed by atoms with van der Waals surface area (Å²) in [5.41, 5.74) is 5.34. The molecule has 2 aliphatic heterocycles. The van der Waals surface area contributed by atoms with Crippen LogP contribution in [0.5, 0.6) is 0 Å². The lowest BCUT2D eigenvalue weighted by atomic mass is 9.96. The van der Waals surface area contributed by atoms with Crippen molar-refractivity contribution in [1.29, 1.82) is 0 Å². The number of β-lactam (4-membered cyclic amide) rings is 1. The van der Waals surface area contributed by atoms with Crippen LogP contribution in [-0.2, 0) is 19.2 Å². The Kier molecular flexibility index (Phi) is 5.35. The maximum absolute atomic E-state index is 12.2. The summed E-state index contributed by atoms with van der Waals surface area (Å²) in [7, 11) is 0. The van der Waals surface area contributed by atoms with Crippen LogP contribution in [0.15, 0.2) is 0 Å². The van der Waals surface area contributed by atoms with E-state index in [9.17, 15) is 24.3 Å². The molecule has 0 spiro atoms. The van der Waals surface area contributed by atoms with Gasteiger partial charge in [0.05, 0.1) is 5.75 Å². The highest BCUT2D eigenvalue weighted by Crippen LogP contribution is 2.50. The Labute approximate surface area is 146 Å². The number of hydrogen-bond acceptors (Lipinski definition) is 7. The molecule has 0 aliphatic carbocycles. The smallest absolute Gasteiger partial charge is 0.327 e. The van der Waals surface area contributed by atoms with Gasteiger partial charge in [0, 0.05) is 10.5 Å². The van der Waals surface area contributed by atoms with Crippen molar-refractivity contribution in [2.45, 2.75) is 42.1 Å². The van der Waals surface area contributed by atoms with Gasteiger partial charge in [-0.25, -0.2) is 4.79 Å². The van der Waals surface area contributed by atoms with Crippen molar-refractivity contribution in [1.82, 2.24) is 10.2 Å². The average molecular weight is 377 g/mol. The molecule has 4 atom stereocenters. The fourth-order valence-corrected chi connectivity index (χ4v) is 5.12. The number of nitrogens with two attached hydrogens (primary N) is 1. The standard InChI is InChI=1S/C13H19N3O6S2/c1-13(2)8(12(21)22)16-9(18)7(10(16)24-13)15-6(17)4-23-3-5(14)11(19)20/h5,7-8,10H,3-4,14H2,1-2H3,(H,15,17)(H,19,20)(H,21,22)/t5?,7?,8-,10+/m0/s1. The van der Waals surface area contributed by atoms with Crippen molar-refractivity contribution in [3.63, 3.8) is 0 Å². The van der Waals surface area contributed by atoms with E-state index < -0.39 is 52.0 Å². The molecule has 9 nitrogen and oxygen atoms in total. The van der Waals surface area contributed by atoms with Crippen LogP contribution in [0.3, 0.4) is 0 Å². The Hall–Kier alpha value is -1.46. The number of carbonyl (C=O) groups excluding carboxylic acids is 2. The fourth-order valence-electron chi connectivity index (χ4n) is 2.71. The van der Waals surface area contributed by atoms with Crippen LogP contribution in [0.1, 0.15) is 13.8 Å². The second kappa shape index (κ2) is 6.81. The molecule has 0 radical (unpaired) electrons. The summed E-state index contributed by atoms with van der Waals surface area (Å²) in [6, 6.07) is -2.72. The molecule has 2 heterocycles. The van der Waals surface area contributed by atoms with Crippen molar-refractivity contribution < 1.29 is 29.4 Å². The average Bonchev–Trinajstić information content (AvgIpc) is 2.73. The van der Waals surface area contributed by atoms with E-state index in [4.69, 9.17) is 10.8 Å². The molecule has 11 heteroatoms. The Morgan fingerprint density at radius 2 is 2.04 bits per heavy atom. The largest absolute Gasteiger partial charge is 0.480 e. The van der Waals surface area contributed by atoms with Crippen LogP contribution in [0.4, 0.5) is 0 Å². The molecule has 2 unspecified atom stereocenters. The molecule has 24 heavy (non-hydrogen) atoms. The lowest BCUT2D eigenvalue weighted by Crippen LogP contribution is -2.70. The minimum atomic E-state index is -1.14. The lowest BCUT2D eigenvalue weighted by molar-refractivity contribution is -0.160. The van der Waals surface area contributed by atoms with Gasteiger partial charge in [-0.05, 0) is 13.8 Å². The number of fused-ring (bicyclic) bond motifs is 1. The second-order valence-corrected chi connectivity index (χ2v) is 8.90. The molecule has 0 saturated carbocycles.